The average Bonchev–Trinajstić information content (AvgIpc) is 4.32. The van der Waals surface area contributed by atoms with E-state index in [1.807, 2.05) is 55.8 Å². The van der Waals surface area contributed by atoms with Crippen LogP contribution in [0.2, 0.25) is 0 Å². The third-order valence-corrected chi connectivity index (χ3v) is 19.3. The van der Waals surface area contributed by atoms with Gasteiger partial charge in [0.15, 0.2) is 5.82 Å². The summed E-state index contributed by atoms with van der Waals surface area (Å²) < 4.78 is 19.2. The van der Waals surface area contributed by atoms with Gasteiger partial charge in [0, 0.05) is 85.7 Å². The molecule has 6 fully saturated rings. The number of pyridine rings is 1. The molecule has 6 aromatic rings. The van der Waals surface area contributed by atoms with Gasteiger partial charge in [-0.1, -0.05) is 36.8 Å². The summed E-state index contributed by atoms with van der Waals surface area (Å²) in [6.45, 7) is 9.34. The van der Waals surface area contributed by atoms with Gasteiger partial charge in [0.2, 0.25) is 29.5 Å². The van der Waals surface area contributed by atoms with E-state index in [1.54, 1.807) is 18.2 Å². The summed E-state index contributed by atoms with van der Waals surface area (Å²) in [4.78, 5) is 86.6. The number of nitrogens with zero attached hydrogens (tertiary/aromatic N) is 9. The number of hydrogen-bond donors (Lipinski definition) is 2. The minimum atomic E-state index is -0.740. The highest BCUT2D eigenvalue weighted by Crippen LogP contribution is 2.52. The second kappa shape index (κ2) is 20.9. The number of halogens is 1. The van der Waals surface area contributed by atoms with Crippen LogP contribution in [-0.2, 0) is 35.9 Å². The Morgan fingerprint density at radius 3 is 2.27 bits per heavy atom. The summed E-state index contributed by atoms with van der Waals surface area (Å²) in [5, 5.41) is 11.4. The lowest BCUT2D eigenvalue weighted by molar-refractivity contribution is -0.144. The molecule has 1 unspecified atom stereocenters. The van der Waals surface area contributed by atoms with Crippen LogP contribution in [0.1, 0.15) is 133 Å². The van der Waals surface area contributed by atoms with Crippen molar-refractivity contribution < 1.29 is 28.4 Å². The summed E-state index contributed by atoms with van der Waals surface area (Å²) in [7, 11) is 0. The SMILES string of the molecule is CC(C)n1cnc2cc(-c3ccc4c(c3)N([C@H]3C[C@@H](N5CCCCC5)C3)C(=O)C43CCN(C(=O)C4CCN(C(=O)[C@H]5CC[C@H](Cn6ncc7cc(C8CCC(=O)NC8=O)ccc76)CC5)CC4)CC3)nc(Nc3ccccc3F)c21. The zero-order valence-corrected chi connectivity index (χ0v) is 45.5. The number of likely N-dealkylation sites (tertiary alicyclic amines) is 3. The maximum absolute atomic E-state index is 15.3. The maximum Gasteiger partial charge on any atom is 0.238 e. The molecule has 5 aliphatic heterocycles. The van der Waals surface area contributed by atoms with Crippen LogP contribution in [0, 0.1) is 23.6 Å². The zero-order chi connectivity index (χ0) is 54.1. The predicted molar refractivity (Wildman–Crippen MR) is 300 cm³/mol. The number of imidazole rings is 1. The second-order valence-electron chi connectivity index (χ2n) is 24.2. The third-order valence-electron chi connectivity index (χ3n) is 19.3. The number of fused-ring (bicyclic) bond motifs is 4. The molecule has 2 N–H and O–H groups in total. The van der Waals surface area contributed by atoms with Gasteiger partial charge in [-0.25, -0.2) is 14.4 Å². The fraction of sp³-hybridized carbons (Fsp3) is 0.516. The number of anilines is 3. The minimum absolute atomic E-state index is 0.0140. The normalized spacial score (nSPS) is 24.8. The Labute approximate surface area is 460 Å². The minimum Gasteiger partial charge on any atom is -0.342 e. The molecular weight excluding hydrogens is 998 g/mol. The summed E-state index contributed by atoms with van der Waals surface area (Å²) in [5.74, 6) is 0.0843. The van der Waals surface area contributed by atoms with Crippen molar-refractivity contribution in [1.29, 1.82) is 0 Å². The van der Waals surface area contributed by atoms with Crippen molar-refractivity contribution in [2.24, 2.45) is 17.8 Å². The molecule has 3 aromatic heterocycles. The zero-order valence-electron chi connectivity index (χ0n) is 45.5. The highest BCUT2D eigenvalue weighted by Gasteiger charge is 2.56. The van der Waals surface area contributed by atoms with Gasteiger partial charge in [0.1, 0.15) is 11.3 Å². The van der Waals surface area contributed by atoms with Gasteiger partial charge >= 0.3 is 0 Å². The van der Waals surface area contributed by atoms with Crippen LogP contribution < -0.4 is 15.5 Å². The number of hydrogen-bond acceptors (Lipinski definition) is 10. The lowest BCUT2D eigenvalue weighted by atomic mass is 9.73. The number of nitrogens with one attached hydrogen (secondary N) is 2. The molecule has 5 amide bonds. The van der Waals surface area contributed by atoms with Gasteiger partial charge in [0.05, 0.1) is 46.3 Å². The summed E-state index contributed by atoms with van der Waals surface area (Å²) in [6.07, 6.45) is 16.1. The van der Waals surface area contributed by atoms with Crippen molar-refractivity contribution in [3.63, 3.8) is 0 Å². The fourth-order valence-electron chi connectivity index (χ4n) is 14.6. The van der Waals surface area contributed by atoms with E-state index in [1.165, 1.54) is 25.3 Å². The molecule has 2 saturated carbocycles. The summed E-state index contributed by atoms with van der Waals surface area (Å²) in [5.41, 5.74) is 6.53. The monoisotopic (exact) mass is 1070 g/mol. The Morgan fingerprint density at radius 2 is 1.53 bits per heavy atom. The topological polar surface area (TPSA) is 171 Å². The van der Waals surface area contributed by atoms with E-state index in [0.717, 1.165) is 102 Å². The standard InChI is InChI=1S/C62H72FN11O5/c1-38(2)72-37-64-52-34-51(67-57(56(52)72)66-50-9-5-4-8-49(50)63)43-14-17-48-54(31-43)74(46-32-45(33-46)69-24-6-3-7-25-69)61(79)62(48)22-28-71(29-23-62)60(78)41-20-26-70(27-21-41)59(77)40-12-10-39(11-13-40)36-73-53-18-15-42(30-44(53)35-65-73)47-16-19-55(75)68-58(47)76/h4-5,8-9,14-15,17-18,30-31,34-35,37-41,45-47H,3,6-7,10-13,16,19-29,32-33,36H2,1-2H3,(H,66,67)(H,68,75,76)/t39-,40-,45-,46+,47?. The number of piperidine rings is 4. The van der Waals surface area contributed by atoms with Crippen LogP contribution in [0.25, 0.3) is 33.2 Å². The van der Waals surface area contributed by atoms with E-state index >= 15 is 9.18 Å². The van der Waals surface area contributed by atoms with Crippen LogP contribution in [0.5, 0.6) is 0 Å². The number of amides is 5. The van der Waals surface area contributed by atoms with E-state index in [2.05, 4.69) is 52.5 Å². The van der Waals surface area contributed by atoms with Gasteiger partial charge in [-0.2, -0.15) is 5.10 Å². The Hall–Kier alpha value is -7.01. The number of carbonyl (C=O) groups excluding carboxylic acids is 5. The second-order valence-corrected chi connectivity index (χ2v) is 24.2. The molecule has 1 spiro atoms. The summed E-state index contributed by atoms with van der Waals surface area (Å²) in [6, 6.07) is 21.6. The molecule has 17 heteroatoms. The molecule has 4 saturated heterocycles. The first-order chi connectivity index (χ1) is 38.4. The molecule has 8 heterocycles. The molecule has 412 valence electrons. The number of aromatic nitrogens is 5. The van der Waals surface area contributed by atoms with Crippen molar-refractivity contribution in [3.05, 3.63) is 96.2 Å². The maximum atomic E-state index is 15.3. The highest BCUT2D eigenvalue weighted by molar-refractivity contribution is 6.10. The van der Waals surface area contributed by atoms with Crippen molar-refractivity contribution in [2.75, 3.05) is 49.5 Å². The van der Waals surface area contributed by atoms with Crippen LogP contribution in [0.3, 0.4) is 0 Å². The van der Waals surface area contributed by atoms with Crippen LogP contribution in [-0.4, -0.2) is 120 Å². The van der Waals surface area contributed by atoms with Gasteiger partial charge < -0.3 is 29.5 Å². The molecule has 13 rings (SSSR count). The summed E-state index contributed by atoms with van der Waals surface area (Å²) >= 11 is 0. The fourth-order valence-corrected chi connectivity index (χ4v) is 14.6. The number of para-hydroxylation sites is 1. The third kappa shape index (κ3) is 9.46. The van der Waals surface area contributed by atoms with Gasteiger partial charge in [-0.3, -0.25) is 34.0 Å². The number of imide groups is 1. The largest absolute Gasteiger partial charge is 0.342 e. The van der Waals surface area contributed by atoms with Gasteiger partial charge in [0.25, 0.3) is 0 Å². The molecule has 16 nitrogen and oxygen atoms in total. The first-order valence-electron chi connectivity index (χ1n) is 29.4. The molecular formula is C62H72FN11O5. The Kier molecular flexibility index (Phi) is 13.6. The van der Waals surface area contributed by atoms with E-state index < -0.39 is 5.41 Å². The Balaban J connectivity index is 0.658. The lowest BCUT2D eigenvalue weighted by Crippen LogP contribution is -2.58. The van der Waals surface area contributed by atoms with Gasteiger partial charge in [-0.05, 0) is 164 Å². The number of benzene rings is 3. The van der Waals surface area contributed by atoms with Crippen LogP contribution >= 0.6 is 0 Å². The molecule has 3 aromatic carbocycles. The average molecular weight is 1070 g/mol. The van der Waals surface area contributed by atoms with Crippen LogP contribution in [0.15, 0.2) is 79.3 Å². The van der Waals surface area contributed by atoms with Crippen molar-refractivity contribution >= 4 is 68.7 Å². The first-order valence-corrected chi connectivity index (χ1v) is 29.4. The molecule has 0 radical (unpaired) electrons. The molecule has 79 heavy (non-hydrogen) atoms. The highest BCUT2D eigenvalue weighted by atomic mass is 19.1. The Morgan fingerprint density at radius 1 is 0.797 bits per heavy atom. The van der Waals surface area contributed by atoms with Crippen LogP contribution in [0.4, 0.5) is 21.6 Å². The van der Waals surface area contributed by atoms with E-state index in [0.29, 0.717) is 93.9 Å². The lowest BCUT2D eigenvalue weighted by Gasteiger charge is -2.48. The number of rotatable bonds is 11. The van der Waals surface area contributed by atoms with E-state index in [9.17, 15) is 19.2 Å². The molecule has 7 aliphatic rings. The van der Waals surface area contributed by atoms with Gasteiger partial charge in [-0.15, -0.1) is 0 Å². The predicted octanol–water partition coefficient (Wildman–Crippen LogP) is 9.40. The molecule has 1 atom stereocenters. The Bertz CT molecular complexity index is 3350. The van der Waals surface area contributed by atoms with Crippen molar-refractivity contribution in [3.8, 4) is 11.3 Å². The number of carbonyl (C=O) groups is 5. The van der Waals surface area contributed by atoms with E-state index in [-0.39, 0.29) is 65.2 Å². The van der Waals surface area contributed by atoms with Crippen molar-refractivity contribution in [1.82, 2.24) is 44.3 Å². The first kappa shape index (κ1) is 51.4. The molecule has 0 bridgehead atoms. The van der Waals surface area contributed by atoms with Crippen molar-refractivity contribution in [2.45, 2.75) is 146 Å². The molecule has 2 aliphatic carbocycles. The smallest absolute Gasteiger partial charge is 0.238 e. The van der Waals surface area contributed by atoms with E-state index in [4.69, 9.17) is 15.1 Å². The quantitative estimate of drug-likeness (QED) is 0.119.